The summed E-state index contributed by atoms with van der Waals surface area (Å²) in [5, 5.41) is 13.3. The Balaban J connectivity index is 1.56. The van der Waals surface area contributed by atoms with E-state index in [-0.39, 0.29) is 12.5 Å². The van der Waals surface area contributed by atoms with Crippen molar-refractivity contribution >= 4 is 28.4 Å². The molecule has 6 nitrogen and oxygen atoms in total. The van der Waals surface area contributed by atoms with Gasteiger partial charge in [-0.05, 0) is 61.0 Å². The predicted molar refractivity (Wildman–Crippen MR) is 118 cm³/mol. The lowest BCUT2D eigenvalue weighted by atomic mass is 10.1. The maximum atomic E-state index is 12.8. The number of nitrogens with one attached hydrogen (secondary N) is 1. The highest BCUT2D eigenvalue weighted by molar-refractivity contribution is 6.31. The van der Waals surface area contributed by atoms with E-state index in [1.165, 1.54) is 0 Å². The summed E-state index contributed by atoms with van der Waals surface area (Å²) in [5.74, 6) is 0.971. The minimum atomic E-state index is -0.232. The van der Waals surface area contributed by atoms with Gasteiger partial charge in [-0.1, -0.05) is 17.7 Å². The van der Waals surface area contributed by atoms with Crippen LogP contribution < -0.4 is 10.1 Å². The summed E-state index contributed by atoms with van der Waals surface area (Å²) in [6.07, 6.45) is 3.20. The van der Waals surface area contributed by atoms with Gasteiger partial charge in [-0.15, -0.1) is 0 Å². The maximum absolute atomic E-state index is 12.8. The molecule has 0 saturated heterocycles. The standard InChI is InChI=1S/C24H17ClN4O2/c1-15-19(24(30)29-14-16-7-9-27-18(11-16)13-26)3-2-4-22(15)31-23-8-10-28-21-12-17(25)5-6-20(21)23/h2-12H,14H2,1H3,(H,29,30). The Hall–Kier alpha value is -3.95. The lowest BCUT2D eigenvalue weighted by molar-refractivity contribution is 0.0950. The minimum absolute atomic E-state index is 0.232. The summed E-state index contributed by atoms with van der Waals surface area (Å²) >= 11 is 6.06. The highest BCUT2D eigenvalue weighted by atomic mass is 35.5. The van der Waals surface area contributed by atoms with Gasteiger partial charge in [-0.25, -0.2) is 4.98 Å². The average molecular weight is 429 g/mol. The van der Waals surface area contributed by atoms with Crippen LogP contribution in [0.2, 0.25) is 5.02 Å². The average Bonchev–Trinajstić information content (AvgIpc) is 2.79. The summed E-state index contributed by atoms with van der Waals surface area (Å²) in [5.41, 5.74) is 3.06. The lowest BCUT2D eigenvalue weighted by Gasteiger charge is -2.14. The van der Waals surface area contributed by atoms with Crippen molar-refractivity contribution in [3.63, 3.8) is 0 Å². The Kier molecular flexibility index (Phi) is 5.78. The third kappa shape index (κ3) is 4.47. The molecule has 1 N–H and O–H groups in total. The van der Waals surface area contributed by atoms with E-state index in [2.05, 4.69) is 15.3 Å². The fourth-order valence-electron chi connectivity index (χ4n) is 3.20. The fraction of sp³-hybridized carbons (Fsp3) is 0.0833. The van der Waals surface area contributed by atoms with Crippen molar-refractivity contribution in [1.29, 1.82) is 5.26 Å². The third-order valence-corrected chi connectivity index (χ3v) is 5.04. The monoisotopic (exact) mass is 428 g/mol. The summed E-state index contributed by atoms with van der Waals surface area (Å²) in [6.45, 7) is 2.13. The molecular formula is C24H17ClN4O2. The second-order valence-corrected chi connectivity index (χ2v) is 7.28. The van der Waals surface area contributed by atoms with Crippen molar-refractivity contribution in [2.45, 2.75) is 13.5 Å². The molecule has 152 valence electrons. The molecule has 0 saturated carbocycles. The molecule has 0 radical (unpaired) electrons. The van der Waals surface area contributed by atoms with Crippen molar-refractivity contribution in [3.05, 3.63) is 94.4 Å². The van der Waals surface area contributed by atoms with E-state index >= 15 is 0 Å². The van der Waals surface area contributed by atoms with Gasteiger partial charge in [0.15, 0.2) is 0 Å². The summed E-state index contributed by atoms with van der Waals surface area (Å²) in [4.78, 5) is 21.0. The molecule has 0 spiro atoms. The van der Waals surface area contributed by atoms with Crippen molar-refractivity contribution in [2.75, 3.05) is 0 Å². The Labute approximate surface area is 184 Å². The van der Waals surface area contributed by atoms with Gasteiger partial charge in [-0.3, -0.25) is 9.78 Å². The first-order chi connectivity index (χ1) is 15.0. The fourth-order valence-corrected chi connectivity index (χ4v) is 3.36. The molecular weight excluding hydrogens is 412 g/mol. The topological polar surface area (TPSA) is 87.9 Å². The number of nitriles is 1. The molecule has 0 aliphatic carbocycles. The number of fused-ring (bicyclic) bond motifs is 1. The molecule has 4 rings (SSSR count). The van der Waals surface area contributed by atoms with Crippen LogP contribution in [-0.4, -0.2) is 15.9 Å². The SMILES string of the molecule is Cc1c(Oc2ccnc3cc(Cl)ccc23)cccc1C(=O)NCc1ccnc(C#N)c1. The molecule has 0 bridgehead atoms. The quantitative estimate of drug-likeness (QED) is 0.472. The zero-order valence-corrected chi connectivity index (χ0v) is 17.3. The number of carbonyl (C=O) groups excluding carboxylic acids is 1. The van der Waals surface area contributed by atoms with Crippen LogP contribution in [0.3, 0.4) is 0 Å². The van der Waals surface area contributed by atoms with E-state index in [0.29, 0.717) is 33.3 Å². The van der Waals surface area contributed by atoms with E-state index in [1.54, 1.807) is 54.9 Å². The molecule has 0 unspecified atom stereocenters. The third-order valence-electron chi connectivity index (χ3n) is 4.81. The first kappa shape index (κ1) is 20.3. The van der Waals surface area contributed by atoms with Crippen molar-refractivity contribution in [1.82, 2.24) is 15.3 Å². The molecule has 0 aliphatic heterocycles. The molecule has 2 aromatic carbocycles. The van der Waals surface area contributed by atoms with E-state index in [1.807, 2.05) is 25.1 Å². The number of amides is 1. The van der Waals surface area contributed by atoms with E-state index in [9.17, 15) is 4.79 Å². The van der Waals surface area contributed by atoms with Crippen molar-refractivity contribution < 1.29 is 9.53 Å². The van der Waals surface area contributed by atoms with Gasteiger partial charge in [0.25, 0.3) is 5.91 Å². The van der Waals surface area contributed by atoms with Gasteiger partial charge in [0.05, 0.1) is 5.52 Å². The van der Waals surface area contributed by atoms with Crippen molar-refractivity contribution in [3.8, 4) is 17.6 Å². The summed E-state index contributed by atoms with van der Waals surface area (Å²) in [6, 6.07) is 17.9. The number of nitrogens with zero attached hydrogens (tertiary/aromatic N) is 3. The van der Waals surface area contributed by atoms with Gasteiger partial charge >= 0.3 is 0 Å². The van der Waals surface area contributed by atoms with E-state index in [4.69, 9.17) is 21.6 Å². The number of carbonyl (C=O) groups is 1. The largest absolute Gasteiger partial charge is 0.456 e. The Morgan fingerprint density at radius 2 is 1.94 bits per heavy atom. The second-order valence-electron chi connectivity index (χ2n) is 6.85. The molecule has 2 heterocycles. The normalized spacial score (nSPS) is 10.5. The van der Waals surface area contributed by atoms with Crippen LogP contribution in [0, 0.1) is 18.3 Å². The molecule has 0 aliphatic rings. The van der Waals surface area contributed by atoms with Crippen LogP contribution in [0.15, 0.2) is 67.0 Å². The summed E-state index contributed by atoms with van der Waals surface area (Å²) < 4.78 is 6.14. The second kappa shape index (κ2) is 8.82. The minimum Gasteiger partial charge on any atom is -0.456 e. The van der Waals surface area contributed by atoms with Crippen LogP contribution >= 0.6 is 11.6 Å². The number of hydrogen-bond acceptors (Lipinski definition) is 5. The number of aromatic nitrogens is 2. The van der Waals surface area contributed by atoms with Crippen LogP contribution in [0.5, 0.6) is 11.5 Å². The zero-order valence-electron chi connectivity index (χ0n) is 16.6. The number of benzene rings is 2. The molecule has 0 atom stereocenters. The maximum Gasteiger partial charge on any atom is 0.251 e. The van der Waals surface area contributed by atoms with E-state index < -0.39 is 0 Å². The first-order valence-electron chi connectivity index (χ1n) is 9.50. The summed E-state index contributed by atoms with van der Waals surface area (Å²) in [7, 11) is 0. The zero-order chi connectivity index (χ0) is 21.8. The van der Waals surface area contributed by atoms with Gasteiger partial charge in [-0.2, -0.15) is 5.26 Å². The molecule has 1 amide bonds. The lowest BCUT2D eigenvalue weighted by Crippen LogP contribution is -2.23. The number of ether oxygens (including phenoxy) is 1. The highest BCUT2D eigenvalue weighted by Gasteiger charge is 2.14. The van der Waals surface area contributed by atoms with Gasteiger partial charge < -0.3 is 10.1 Å². The number of hydrogen-bond donors (Lipinski definition) is 1. The van der Waals surface area contributed by atoms with Crippen molar-refractivity contribution in [2.24, 2.45) is 0 Å². The Morgan fingerprint density at radius 3 is 2.77 bits per heavy atom. The molecule has 0 fully saturated rings. The van der Waals surface area contributed by atoms with E-state index in [0.717, 1.165) is 16.5 Å². The van der Waals surface area contributed by atoms with Crippen LogP contribution in [0.4, 0.5) is 0 Å². The smallest absolute Gasteiger partial charge is 0.251 e. The molecule has 2 aromatic heterocycles. The number of rotatable bonds is 5. The van der Waals surface area contributed by atoms with Crippen LogP contribution in [-0.2, 0) is 6.54 Å². The van der Waals surface area contributed by atoms with Gasteiger partial charge in [0.2, 0.25) is 0 Å². The predicted octanol–water partition coefficient (Wildman–Crippen LogP) is 5.19. The Bertz CT molecular complexity index is 1330. The van der Waals surface area contributed by atoms with Gasteiger partial charge in [0, 0.05) is 40.5 Å². The molecule has 7 heteroatoms. The Morgan fingerprint density at radius 1 is 1.10 bits per heavy atom. The molecule has 4 aromatic rings. The molecule has 31 heavy (non-hydrogen) atoms. The first-order valence-corrected chi connectivity index (χ1v) is 9.88. The highest BCUT2D eigenvalue weighted by Crippen LogP contribution is 2.32. The van der Waals surface area contributed by atoms with Crippen LogP contribution in [0.25, 0.3) is 10.9 Å². The van der Waals surface area contributed by atoms with Crippen LogP contribution in [0.1, 0.15) is 27.2 Å². The number of halogens is 1. The number of pyridine rings is 2. The van der Waals surface area contributed by atoms with Gasteiger partial charge in [0.1, 0.15) is 23.3 Å².